The van der Waals surface area contributed by atoms with Gasteiger partial charge in [-0.25, -0.2) is 0 Å². The van der Waals surface area contributed by atoms with Gasteiger partial charge in [-0.3, -0.25) is 14.9 Å². The van der Waals surface area contributed by atoms with Crippen LogP contribution in [0.1, 0.15) is 0 Å². The zero-order chi connectivity index (χ0) is 13.3. The topological polar surface area (TPSA) is 78.0 Å². The van der Waals surface area contributed by atoms with E-state index in [4.69, 9.17) is 0 Å². The lowest BCUT2D eigenvalue weighted by Gasteiger charge is -2.05. The van der Waals surface area contributed by atoms with Crippen molar-refractivity contribution in [2.24, 2.45) is 0 Å². The van der Waals surface area contributed by atoms with Gasteiger partial charge in [-0.1, -0.05) is 12.1 Å². The van der Waals surface area contributed by atoms with Gasteiger partial charge in [-0.2, -0.15) is 9.78 Å². The van der Waals surface area contributed by atoms with Crippen LogP contribution in [0.3, 0.4) is 0 Å². The van der Waals surface area contributed by atoms with E-state index in [1.54, 1.807) is 6.07 Å². The van der Waals surface area contributed by atoms with Crippen molar-refractivity contribution in [1.82, 2.24) is 9.78 Å². The first-order valence-corrected chi connectivity index (χ1v) is 6.28. The van der Waals surface area contributed by atoms with Crippen LogP contribution in [0, 0.1) is 10.1 Å². The molecule has 0 aliphatic heterocycles. The van der Waals surface area contributed by atoms with Crippen LogP contribution < -0.4 is 5.56 Å². The molecule has 1 heterocycles. The minimum absolute atomic E-state index is 0.126. The molecule has 2 aromatic rings. The lowest BCUT2D eigenvalue weighted by molar-refractivity contribution is -0.384. The van der Waals surface area contributed by atoms with Crippen molar-refractivity contribution in [2.75, 3.05) is 0 Å². The summed E-state index contributed by atoms with van der Waals surface area (Å²) in [6, 6.07) is 5.92. The number of aromatic nitrogens is 2. The highest BCUT2D eigenvalue weighted by Gasteiger charge is 2.17. The third kappa shape index (κ3) is 2.21. The maximum atomic E-state index is 12.0. The Morgan fingerprint density at radius 2 is 1.94 bits per heavy atom. The summed E-state index contributed by atoms with van der Waals surface area (Å²) in [6.45, 7) is 0. The number of nitro groups is 1. The van der Waals surface area contributed by atoms with Crippen molar-refractivity contribution in [3.05, 3.63) is 59.9 Å². The summed E-state index contributed by atoms with van der Waals surface area (Å²) in [7, 11) is 0. The van der Waals surface area contributed by atoms with Gasteiger partial charge in [0.1, 0.15) is 10.2 Å². The summed E-state index contributed by atoms with van der Waals surface area (Å²) in [5, 5.41) is 14.8. The average Bonchev–Trinajstić information content (AvgIpc) is 2.36. The fourth-order valence-corrected chi connectivity index (χ4v) is 1.91. The SMILES string of the molecule is O=c1c(Br)c(Br)cnn1-c1ccccc1[N+](=O)[O-]. The molecule has 0 aliphatic rings. The molecular formula is C10H5Br2N3O3. The van der Waals surface area contributed by atoms with E-state index in [0.29, 0.717) is 4.47 Å². The predicted octanol–water partition coefficient (Wildman–Crippen LogP) is 2.67. The van der Waals surface area contributed by atoms with Crippen LogP contribution in [0.5, 0.6) is 0 Å². The Kier molecular flexibility index (Phi) is 3.58. The number of nitrogens with zero attached hydrogens (tertiary/aromatic N) is 3. The molecule has 0 saturated heterocycles. The van der Waals surface area contributed by atoms with Crippen LogP contribution >= 0.6 is 31.9 Å². The van der Waals surface area contributed by atoms with Gasteiger partial charge < -0.3 is 0 Å². The minimum Gasteiger partial charge on any atom is -0.266 e. The van der Waals surface area contributed by atoms with Crippen molar-refractivity contribution in [3.8, 4) is 5.69 Å². The van der Waals surface area contributed by atoms with Gasteiger partial charge >= 0.3 is 0 Å². The molecular weight excluding hydrogens is 370 g/mol. The number of hydrogen-bond acceptors (Lipinski definition) is 4. The van der Waals surface area contributed by atoms with Gasteiger partial charge in [-0.15, -0.1) is 0 Å². The van der Waals surface area contributed by atoms with Crippen molar-refractivity contribution >= 4 is 37.5 Å². The lowest BCUT2D eigenvalue weighted by atomic mass is 10.3. The summed E-state index contributed by atoms with van der Waals surface area (Å²) in [4.78, 5) is 22.3. The van der Waals surface area contributed by atoms with Crippen LogP contribution in [0.2, 0.25) is 0 Å². The largest absolute Gasteiger partial charge is 0.295 e. The molecule has 0 radical (unpaired) electrons. The molecule has 0 bridgehead atoms. The van der Waals surface area contributed by atoms with E-state index < -0.39 is 10.5 Å². The number of rotatable bonds is 2. The first-order valence-electron chi connectivity index (χ1n) is 4.69. The Balaban J connectivity index is 2.75. The zero-order valence-electron chi connectivity index (χ0n) is 8.71. The molecule has 0 unspecified atom stereocenters. The second-order valence-corrected chi connectivity index (χ2v) is 4.92. The number of benzene rings is 1. The van der Waals surface area contributed by atoms with Gasteiger partial charge in [0.05, 0.1) is 15.6 Å². The van der Waals surface area contributed by atoms with E-state index in [2.05, 4.69) is 37.0 Å². The number of nitro benzene ring substituents is 1. The van der Waals surface area contributed by atoms with E-state index >= 15 is 0 Å². The summed E-state index contributed by atoms with van der Waals surface area (Å²) in [5.74, 6) is 0. The van der Waals surface area contributed by atoms with Gasteiger partial charge in [0.2, 0.25) is 0 Å². The van der Waals surface area contributed by atoms with E-state index in [0.717, 1.165) is 4.68 Å². The van der Waals surface area contributed by atoms with Gasteiger partial charge in [0.25, 0.3) is 11.2 Å². The molecule has 1 aromatic heterocycles. The first-order chi connectivity index (χ1) is 8.52. The summed E-state index contributed by atoms with van der Waals surface area (Å²) >= 11 is 6.24. The monoisotopic (exact) mass is 373 g/mol. The first kappa shape index (κ1) is 12.9. The molecule has 18 heavy (non-hydrogen) atoms. The second kappa shape index (κ2) is 4.99. The Labute approximate surface area is 118 Å². The normalized spacial score (nSPS) is 10.3. The second-order valence-electron chi connectivity index (χ2n) is 3.27. The van der Waals surface area contributed by atoms with Crippen molar-refractivity contribution < 1.29 is 4.92 Å². The summed E-state index contributed by atoms with van der Waals surface area (Å²) in [6.07, 6.45) is 1.39. The van der Waals surface area contributed by atoms with Crippen LogP contribution in [-0.2, 0) is 0 Å². The van der Waals surface area contributed by atoms with E-state index in [1.165, 1.54) is 24.4 Å². The Morgan fingerprint density at radius 1 is 1.28 bits per heavy atom. The summed E-state index contributed by atoms with van der Waals surface area (Å²) < 4.78 is 1.73. The molecule has 0 aliphatic carbocycles. The van der Waals surface area contributed by atoms with Gasteiger partial charge in [-0.05, 0) is 37.9 Å². The predicted molar refractivity (Wildman–Crippen MR) is 71.9 cm³/mol. The van der Waals surface area contributed by atoms with Gasteiger partial charge in [0, 0.05) is 6.07 Å². The zero-order valence-corrected chi connectivity index (χ0v) is 11.9. The average molecular weight is 375 g/mol. The van der Waals surface area contributed by atoms with Crippen LogP contribution in [0.15, 0.2) is 44.2 Å². The van der Waals surface area contributed by atoms with Crippen LogP contribution in [0.4, 0.5) is 5.69 Å². The highest BCUT2D eigenvalue weighted by Crippen LogP contribution is 2.22. The third-order valence-electron chi connectivity index (χ3n) is 2.18. The number of halogens is 2. The summed E-state index contributed by atoms with van der Waals surface area (Å²) in [5.41, 5.74) is -0.527. The van der Waals surface area contributed by atoms with Crippen molar-refractivity contribution in [1.29, 1.82) is 0 Å². The van der Waals surface area contributed by atoms with Crippen LogP contribution in [-0.4, -0.2) is 14.7 Å². The van der Waals surface area contributed by atoms with E-state index in [9.17, 15) is 14.9 Å². The molecule has 8 heteroatoms. The third-order valence-corrected chi connectivity index (χ3v) is 4.08. The molecule has 1 aromatic carbocycles. The number of hydrogen-bond donors (Lipinski definition) is 0. The van der Waals surface area contributed by atoms with Gasteiger partial charge in [0.15, 0.2) is 0 Å². The molecule has 0 amide bonds. The molecule has 92 valence electrons. The molecule has 0 atom stereocenters. The fraction of sp³-hybridized carbons (Fsp3) is 0. The smallest absolute Gasteiger partial charge is 0.266 e. The van der Waals surface area contributed by atoms with Crippen LogP contribution in [0.25, 0.3) is 5.69 Å². The standard InChI is InChI=1S/C10H5Br2N3O3/c11-6-5-13-14(10(16)9(6)12)7-3-1-2-4-8(7)15(17)18/h1-5H. The molecule has 0 spiro atoms. The van der Waals surface area contributed by atoms with E-state index in [1.807, 2.05) is 0 Å². The maximum Gasteiger partial charge on any atom is 0.295 e. The highest BCUT2D eigenvalue weighted by atomic mass is 79.9. The molecule has 0 N–H and O–H groups in total. The fourth-order valence-electron chi connectivity index (χ4n) is 1.38. The molecule has 0 fully saturated rings. The highest BCUT2D eigenvalue weighted by molar-refractivity contribution is 9.13. The quantitative estimate of drug-likeness (QED) is 0.598. The number of para-hydroxylation sites is 2. The van der Waals surface area contributed by atoms with E-state index in [-0.39, 0.29) is 15.8 Å². The Bertz CT molecular complexity index is 684. The Hall–Kier alpha value is -1.54. The molecule has 6 nitrogen and oxygen atoms in total. The maximum absolute atomic E-state index is 12.0. The minimum atomic E-state index is -0.556. The molecule has 0 saturated carbocycles. The van der Waals surface area contributed by atoms with Crippen molar-refractivity contribution in [3.63, 3.8) is 0 Å². The Morgan fingerprint density at radius 3 is 2.61 bits per heavy atom. The molecule has 2 rings (SSSR count). The lowest BCUT2D eigenvalue weighted by Crippen LogP contribution is -2.22. The van der Waals surface area contributed by atoms with Crippen molar-refractivity contribution in [2.45, 2.75) is 0 Å².